The van der Waals surface area contributed by atoms with Crippen molar-refractivity contribution in [3.8, 4) is 12.3 Å². The first-order chi connectivity index (χ1) is 6.44. The van der Waals surface area contributed by atoms with Gasteiger partial charge in [0.05, 0.1) is 5.54 Å². The van der Waals surface area contributed by atoms with E-state index in [4.69, 9.17) is 6.42 Å². The second-order valence-electron chi connectivity index (χ2n) is 4.06. The van der Waals surface area contributed by atoms with Gasteiger partial charge in [-0.05, 0) is 39.3 Å². The third-order valence-corrected chi connectivity index (χ3v) is 3.23. The Morgan fingerprint density at radius 1 is 1.50 bits per heavy atom. The summed E-state index contributed by atoms with van der Waals surface area (Å²) in [5.41, 5.74) is 1.14. The molecule has 76 valence electrons. The third kappa shape index (κ3) is 2.87. The summed E-state index contributed by atoms with van der Waals surface area (Å²) in [7, 11) is 0. The highest BCUT2D eigenvalue weighted by atomic mass is 32.1. The van der Waals surface area contributed by atoms with Gasteiger partial charge in [0.25, 0.3) is 0 Å². The molecule has 2 heteroatoms. The van der Waals surface area contributed by atoms with Gasteiger partial charge in [0.2, 0.25) is 0 Å². The van der Waals surface area contributed by atoms with Gasteiger partial charge in [-0.2, -0.15) is 0 Å². The van der Waals surface area contributed by atoms with Crippen LogP contribution in [0.1, 0.15) is 29.2 Å². The molecule has 14 heavy (non-hydrogen) atoms. The van der Waals surface area contributed by atoms with E-state index >= 15 is 0 Å². The first kappa shape index (κ1) is 11.3. The molecule has 1 heterocycles. The van der Waals surface area contributed by atoms with E-state index in [9.17, 15) is 0 Å². The van der Waals surface area contributed by atoms with Crippen molar-refractivity contribution in [3.63, 3.8) is 0 Å². The molecule has 0 aliphatic rings. The number of nitrogens with one attached hydrogen (secondary N) is 1. The van der Waals surface area contributed by atoms with Crippen molar-refractivity contribution in [1.29, 1.82) is 0 Å². The molecular weight excluding hydrogens is 190 g/mol. The normalized spacial score (nSPS) is 11.4. The Kier molecular flexibility index (Phi) is 3.36. The van der Waals surface area contributed by atoms with Crippen LogP contribution in [0.2, 0.25) is 0 Å². The number of thiophene rings is 1. The van der Waals surface area contributed by atoms with Gasteiger partial charge in [-0.15, -0.1) is 17.8 Å². The van der Waals surface area contributed by atoms with E-state index in [2.05, 4.69) is 31.2 Å². The zero-order chi connectivity index (χ0) is 10.8. The van der Waals surface area contributed by atoms with Crippen LogP contribution in [0.15, 0.2) is 6.07 Å². The molecule has 1 nitrogen and oxygen atoms in total. The third-order valence-electron chi connectivity index (χ3n) is 2.23. The summed E-state index contributed by atoms with van der Waals surface area (Å²) < 4.78 is 0. The first-order valence-electron chi connectivity index (χ1n) is 4.73. The lowest BCUT2D eigenvalue weighted by Crippen LogP contribution is -2.36. The molecule has 0 aromatic carbocycles. The van der Waals surface area contributed by atoms with Gasteiger partial charge in [0, 0.05) is 16.3 Å². The predicted octanol–water partition coefficient (Wildman–Crippen LogP) is 2.87. The van der Waals surface area contributed by atoms with Crippen LogP contribution in [0.25, 0.3) is 0 Å². The Labute approximate surface area is 90.5 Å². The van der Waals surface area contributed by atoms with Crippen LogP contribution in [0, 0.1) is 26.2 Å². The SMILES string of the molecule is C#CC(C)(C)NCc1cc(C)sc1C. The number of rotatable bonds is 3. The molecule has 0 spiro atoms. The van der Waals surface area contributed by atoms with Crippen molar-refractivity contribution in [2.75, 3.05) is 0 Å². The number of hydrogen-bond donors (Lipinski definition) is 1. The lowest BCUT2D eigenvalue weighted by atomic mass is 10.1. The Morgan fingerprint density at radius 3 is 2.57 bits per heavy atom. The number of hydrogen-bond acceptors (Lipinski definition) is 2. The molecule has 1 rings (SSSR count). The molecule has 0 unspecified atom stereocenters. The van der Waals surface area contributed by atoms with Crippen LogP contribution in [-0.4, -0.2) is 5.54 Å². The summed E-state index contributed by atoms with van der Waals surface area (Å²) in [6.45, 7) is 9.17. The molecule has 1 aromatic heterocycles. The largest absolute Gasteiger partial charge is 0.297 e. The summed E-state index contributed by atoms with van der Waals surface area (Å²) in [4.78, 5) is 2.74. The van der Waals surface area contributed by atoms with E-state index < -0.39 is 0 Å². The quantitative estimate of drug-likeness (QED) is 0.752. The lowest BCUT2D eigenvalue weighted by molar-refractivity contribution is 0.491. The van der Waals surface area contributed by atoms with Gasteiger partial charge < -0.3 is 0 Å². The van der Waals surface area contributed by atoms with Crippen molar-refractivity contribution in [3.05, 3.63) is 21.4 Å². The van der Waals surface area contributed by atoms with Gasteiger partial charge in [-0.3, -0.25) is 5.32 Å². The summed E-state index contributed by atoms with van der Waals surface area (Å²) in [5, 5.41) is 3.35. The van der Waals surface area contributed by atoms with Crippen molar-refractivity contribution in [2.45, 2.75) is 39.8 Å². The average molecular weight is 207 g/mol. The molecule has 0 fully saturated rings. The van der Waals surface area contributed by atoms with Crippen molar-refractivity contribution < 1.29 is 0 Å². The van der Waals surface area contributed by atoms with Crippen molar-refractivity contribution in [2.24, 2.45) is 0 Å². The Hall–Kier alpha value is -0.780. The molecule has 0 aliphatic carbocycles. The van der Waals surface area contributed by atoms with E-state index in [1.807, 2.05) is 25.2 Å². The minimum atomic E-state index is -0.220. The maximum Gasteiger partial charge on any atom is 0.0743 e. The summed E-state index contributed by atoms with van der Waals surface area (Å²) in [5.74, 6) is 2.73. The summed E-state index contributed by atoms with van der Waals surface area (Å²) >= 11 is 1.84. The van der Waals surface area contributed by atoms with Crippen LogP contribution >= 0.6 is 11.3 Å². The molecule has 0 bridgehead atoms. The molecule has 1 N–H and O–H groups in total. The molecule has 0 aliphatic heterocycles. The van der Waals surface area contributed by atoms with Gasteiger partial charge in [0.1, 0.15) is 0 Å². The highest BCUT2D eigenvalue weighted by molar-refractivity contribution is 7.12. The van der Waals surface area contributed by atoms with Gasteiger partial charge in [0.15, 0.2) is 0 Å². The Bertz CT molecular complexity index is 355. The lowest BCUT2D eigenvalue weighted by Gasteiger charge is -2.19. The highest BCUT2D eigenvalue weighted by Crippen LogP contribution is 2.20. The monoisotopic (exact) mass is 207 g/mol. The minimum absolute atomic E-state index is 0.220. The highest BCUT2D eigenvalue weighted by Gasteiger charge is 2.13. The number of aryl methyl sites for hydroxylation is 2. The van der Waals surface area contributed by atoms with Crippen LogP contribution in [0.3, 0.4) is 0 Å². The van der Waals surface area contributed by atoms with E-state index in [-0.39, 0.29) is 5.54 Å². The van der Waals surface area contributed by atoms with Crippen LogP contribution < -0.4 is 5.32 Å². The molecule has 0 amide bonds. The molecule has 0 saturated carbocycles. The molecule has 0 saturated heterocycles. The van der Waals surface area contributed by atoms with Crippen LogP contribution in [-0.2, 0) is 6.54 Å². The Morgan fingerprint density at radius 2 is 2.14 bits per heavy atom. The van der Waals surface area contributed by atoms with E-state index in [1.54, 1.807) is 0 Å². The van der Waals surface area contributed by atoms with Crippen molar-refractivity contribution in [1.82, 2.24) is 5.32 Å². The zero-order valence-electron chi connectivity index (χ0n) is 9.27. The summed E-state index contributed by atoms with van der Waals surface area (Å²) in [6, 6.07) is 2.22. The fraction of sp³-hybridized carbons (Fsp3) is 0.500. The zero-order valence-corrected chi connectivity index (χ0v) is 10.1. The van der Waals surface area contributed by atoms with E-state index in [1.165, 1.54) is 15.3 Å². The van der Waals surface area contributed by atoms with Gasteiger partial charge in [-0.25, -0.2) is 0 Å². The summed E-state index contributed by atoms with van der Waals surface area (Å²) in [6.07, 6.45) is 5.40. The molecule has 1 aromatic rings. The predicted molar refractivity (Wildman–Crippen MR) is 63.5 cm³/mol. The number of terminal acetylenes is 1. The Balaban J connectivity index is 2.63. The molecular formula is C12H17NS. The van der Waals surface area contributed by atoms with Crippen LogP contribution in [0.4, 0.5) is 0 Å². The fourth-order valence-electron chi connectivity index (χ4n) is 1.23. The second-order valence-corrected chi connectivity index (χ2v) is 5.52. The van der Waals surface area contributed by atoms with Gasteiger partial charge in [-0.1, -0.05) is 5.92 Å². The van der Waals surface area contributed by atoms with Crippen LogP contribution in [0.5, 0.6) is 0 Å². The topological polar surface area (TPSA) is 12.0 Å². The van der Waals surface area contributed by atoms with Crippen molar-refractivity contribution >= 4 is 11.3 Å². The average Bonchev–Trinajstić information content (AvgIpc) is 2.42. The van der Waals surface area contributed by atoms with E-state index in [0.717, 1.165) is 6.54 Å². The molecule has 0 atom stereocenters. The van der Waals surface area contributed by atoms with Gasteiger partial charge >= 0.3 is 0 Å². The second kappa shape index (κ2) is 4.16. The van der Waals surface area contributed by atoms with E-state index in [0.29, 0.717) is 0 Å². The minimum Gasteiger partial charge on any atom is -0.297 e. The first-order valence-corrected chi connectivity index (χ1v) is 5.55. The fourth-order valence-corrected chi connectivity index (χ4v) is 2.17. The maximum atomic E-state index is 5.40. The maximum absolute atomic E-state index is 5.40. The standard InChI is InChI=1S/C12H17NS/c1-6-12(4,5)13-8-11-7-9(2)14-10(11)3/h1,7,13H,8H2,2-5H3. The smallest absolute Gasteiger partial charge is 0.0743 e. The molecule has 0 radical (unpaired) electrons.